The fourth-order valence-corrected chi connectivity index (χ4v) is 1.55. The molecular formula is C16H25NO5. The summed E-state index contributed by atoms with van der Waals surface area (Å²) in [6, 6.07) is 8.29. The summed E-state index contributed by atoms with van der Waals surface area (Å²) in [5.41, 5.74) is 1.41. The SMILES string of the molecule is CN(C)CCOc1ccccc1C(C)(C)C.O=C(O)C(=O)O. The highest BCUT2D eigenvalue weighted by atomic mass is 16.5. The predicted octanol–water partition coefficient (Wildman–Crippen LogP) is 2.08. The van der Waals surface area contributed by atoms with Gasteiger partial charge in [0.05, 0.1) is 0 Å². The van der Waals surface area contributed by atoms with Gasteiger partial charge in [0.25, 0.3) is 0 Å². The summed E-state index contributed by atoms with van der Waals surface area (Å²) in [6.07, 6.45) is 0. The van der Waals surface area contributed by atoms with Crippen molar-refractivity contribution in [3.05, 3.63) is 29.8 Å². The lowest BCUT2D eigenvalue weighted by molar-refractivity contribution is -0.159. The molecule has 6 heteroatoms. The Morgan fingerprint density at radius 3 is 2.00 bits per heavy atom. The van der Waals surface area contributed by atoms with Crippen LogP contribution in [0.2, 0.25) is 0 Å². The highest BCUT2D eigenvalue weighted by molar-refractivity contribution is 6.27. The lowest BCUT2D eigenvalue weighted by Gasteiger charge is -2.23. The van der Waals surface area contributed by atoms with Gasteiger partial charge >= 0.3 is 11.9 Å². The topological polar surface area (TPSA) is 87.1 Å². The highest BCUT2D eigenvalue weighted by Gasteiger charge is 2.18. The zero-order chi connectivity index (χ0) is 17.3. The Morgan fingerprint density at radius 2 is 1.59 bits per heavy atom. The smallest absolute Gasteiger partial charge is 0.414 e. The van der Waals surface area contributed by atoms with E-state index in [9.17, 15) is 0 Å². The number of ether oxygens (including phenoxy) is 1. The number of hydrogen-bond donors (Lipinski definition) is 2. The van der Waals surface area contributed by atoms with Gasteiger partial charge in [0.1, 0.15) is 12.4 Å². The van der Waals surface area contributed by atoms with Crippen molar-refractivity contribution in [1.29, 1.82) is 0 Å². The van der Waals surface area contributed by atoms with Crippen LogP contribution < -0.4 is 4.74 Å². The molecule has 0 bridgehead atoms. The first-order valence-corrected chi connectivity index (χ1v) is 6.89. The zero-order valence-electron chi connectivity index (χ0n) is 13.8. The van der Waals surface area contributed by atoms with Crippen LogP contribution in [-0.4, -0.2) is 54.3 Å². The Bertz CT molecular complexity index is 480. The lowest BCUT2D eigenvalue weighted by Crippen LogP contribution is -2.21. The van der Waals surface area contributed by atoms with Crippen molar-refractivity contribution in [3.63, 3.8) is 0 Å². The second-order valence-corrected chi connectivity index (χ2v) is 6.01. The minimum Gasteiger partial charge on any atom is -0.492 e. The van der Waals surface area contributed by atoms with Crippen molar-refractivity contribution < 1.29 is 24.5 Å². The first kappa shape index (κ1) is 19.9. The molecular weight excluding hydrogens is 286 g/mol. The molecule has 0 unspecified atom stereocenters. The number of hydrogen-bond acceptors (Lipinski definition) is 4. The van der Waals surface area contributed by atoms with Gasteiger partial charge in [0.15, 0.2) is 0 Å². The molecule has 0 heterocycles. The summed E-state index contributed by atoms with van der Waals surface area (Å²) in [6.45, 7) is 8.31. The van der Waals surface area contributed by atoms with E-state index in [1.54, 1.807) is 0 Å². The molecule has 1 aromatic carbocycles. The molecule has 0 aliphatic carbocycles. The first-order valence-electron chi connectivity index (χ1n) is 6.89. The van der Waals surface area contributed by atoms with E-state index < -0.39 is 11.9 Å². The number of carboxylic acid groups (broad SMARTS) is 2. The number of likely N-dealkylation sites (N-methyl/N-ethyl adjacent to an activating group) is 1. The van der Waals surface area contributed by atoms with Gasteiger partial charge in [-0.15, -0.1) is 0 Å². The molecule has 0 aliphatic rings. The minimum atomic E-state index is -1.82. The van der Waals surface area contributed by atoms with E-state index in [1.165, 1.54) is 5.56 Å². The second kappa shape index (κ2) is 9.04. The molecule has 124 valence electrons. The molecule has 0 aromatic heterocycles. The Kier molecular flexibility index (Phi) is 8.19. The van der Waals surface area contributed by atoms with Crippen LogP contribution in [0.15, 0.2) is 24.3 Å². The van der Waals surface area contributed by atoms with Crippen molar-refractivity contribution >= 4 is 11.9 Å². The Labute approximate surface area is 131 Å². The third kappa shape index (κ3) is 8.26. The Morgan fingerprint density at radius 1 is 1.09 bits per heavy atom. The maximum atomic E-state index is 9.10. The number of benzene rings is 1. The van der Waals surface area contributed by atoms with E-state index in [1.807, 2.05) is 6.07 Å². The summed E-state index contributed by atoms with van der Waals surface area (Å²) < 4.78 is 5.83. The van der Waals surface area contributed by atoms with Crippen LogP contribution in [0.4, 0.5) is 0 Å². The van der Waals surface area contributed by atoms with Crippen molar-refractivity contribution in [2.24, 2.45) is 0 Å². The zero-order valence-corrected chi connectivity index (χ0v) is 13.8. The van der Waals surface area contributed by atoms with Crippen LogP contribution >= 0.6 is 0 Å². The average Bonchev–Trinajstić information content (AvgIpc) is 2.38. The summed E-state index contributed by atoms with van der Waals surface area (Å²) in [5.74, 6) is -2.64. The summed E-state index contributed by atoms with van der Waals surface area (Å²) in [5, 5.41) is 14.8. The molecule has 22 heavy (non-hydrogen) atoms. The van der Waals surface area contributed by atoms with Gasteiger partial charge in [0, 0.05) is 6.54 Å². The molecule has 0 saturated heterocycles. The number of rotatable bonds is 4. The molecule has 0 fully saturated rings. The van der Waals surface area contributed by atoms with E-state index >= 15 is 0 Å². The molecule has 0 aliphatic heterocycles. The van der Waals surface area contributed by atoms with Gasteiger partial charge in [-0.05, 0) is 31.1 Å². The van der Waals surface area contributed by atoms with E-state index in [2.05, 4.69) is 58.0 Å². The maximum absolute atomic E-state index is 9.10. The normalized spacial score (nSPS) is 10.6. The third-order valence-electron chi connectivity index (χ3n) is 2.67. The Balaban J connectivity index is 0.000000626. The molecule has 0 amide bonds. The second-order valence-electron chi connectivity index (χ2n) is 6.01. The van der Waals surface area contributed by atoms with Gasteiger partial charge in [0.2, 0.25) is 0 Å². The molecule has 0 saturated carbocycles. The number of nitrogens with zero attached hydrogens (tertiary/aromatic N) is 1. The monoisotopic (exact) mass is 311 g/mol. The standard InChI is InChI=1S/C14H23NO.C2H2O4/c1-14(2,3)12-8-6-7-9-13(12)16-11-10-15(4)5;3-1(4)2(5)6/h6-9H,10-11H2,1-5H3;(H,3,4)(H,5,6). The number of carboxylic acids is 2. The molecule has 1 rings (SSSR count). The van der Waals surface area contributed by atoms with Gasteiger partial charge in [-0.3, -0.25) is 0 Å². The molecule has 0 atom stereocenters. The fourth-order valence-electron chi connectivity index (χ4n) is 1.55. The van der Waals surface area contributed by atoms with Crippen molar-refractivity contribution in [2.45, 2.75) is 26.2 Å². The van der Waals surface area contributed by atoms with Crippen molar-refractivity contribution in [1.82, 2.24) is 4.90 Å². The van der Waals surface area contributed by atoms with Crippen LogP contribution in [0.3, 0.4) is 0 Å². The average molecular weight is 311 g/mol. The van der Waals surface area contributed by atoms with E-state index in [-0.39, 0.29) is 5.41 Å². The fraction of sp³-hybridized carbons (Fsp3) is 0.500. The quantitative estimate of drug-likeness (QED) is 0.828. The largest absolute Gasteiger partial charge is 0.492 e. The molecule has 0 spiro atoms. The lowest BCUT2D eigenvalue weighted by atomic mass is 9.86. The minimum absolute atomic E-state index is 0.134. The van der Waals surface area contributed by atoms with E-state index in [4.69, 9.17) is 24.5 Å². The van der Waals surface area contributed by atoms with Crippen LogP contribution in [0, 0.1) is 0 Å². The van der Waals surface area contributed by atoms with Gasteiger partial charge in [-0.25, -0.2) is 9.59 Å². The molecule has 0 radical (unpaired) electrons. The van der Waals surface area contributed by atoms with E-state index in [0.717, 1.165) is 18.9 Å². The van der Waals surface area contributed by atoms with Crippen molar-refractivity contribution in [2.75, 3.05) is 27.2 Å². The first-order chi connectivity index (χ1) is 10.1. The van der Waals surface area contributed by atoms with Crippen LogP contribution in [0.1, 0.15) is 26.3 Å². The maximum Gasteiger partial charge on any atom is 0.414 e. The summed E-state index contributed by atoms with van der Waals surface area (Å²) in [4.78, 5) is 20.3. The van der Waals surface area contributed by atoms with E-state index in [0.29, 0.717) is 0 Å². The number of aliphatic carboxylic acids is 2. The molecule has 1 aromatic rings. The Hall–Kier alpha value is -2.08. The summed E-state index contributed by atoms with van der Waals surface area (Å²) >= 11 is 0. The predicted molar refractivity (Wildman–Crippen MR) is 84.5 cm³/mol. The van der Waals surface area contributed by atoms with Crippen LogP contribution in [0.25, 0.3) is 0 Å². The highest BCUT2D eigenvalue weighted by Crippen LogP contribution is 2.30. The third-order valence-corrected chi connectivity index (χ3v) is 2.67. The number of carbonyl (C=O) groups is 2. The van der Waals surface area contributed by atoms with Crippen molar-refractivity contribution in [3.8, 4) is 5.75 Å². The molecule has 2 N–H and O–H groups in total. The summed E-state index contributed by atoms with van der Waals surface area (Å²) in [7, 11) is 4.11. The van der Waals surface area contributed by atoms with Gasteiger partial charge < -0.3 is 19.8 Å². The van der Waals surface area contributed by atoms with Gasteiger partial charge in [-0.1, -0.05) is 39.0 Å². The number of para-hydroxylation sites is 1. The molecule has 6 nitrogen and oxygen atoms in total. The van der Waals surface area contributed by atoms with Crippen LogP contribution in [0.5, 0.6) is 5.75 Å². The van der Waals surface area contributed by atoms with Crippen LogP contribution in [-0.2, 0) is 15.0 Å². The van der Waals surface area contributed by atoms with Gasteiger partial charge in [-0.2, -0.15) is 0 Å².